The number of ether oxygens (including phenoxy) is 1. The van der Waals surface area contributed by atoms with E-state index in [-0.39, 0.29) is 6.61 Å². The molecule has 112 valence electrons. The third-order valence-corrected chi connectivity index (χ3v) is 4.27. The quantitative estimate of drug-likeness (QED) is 0.756. The van der Waals surface area contributed by atoms with Gasteiger partial charge in [-0.25, -0.2) is 0 Å². The lowest BCUT2D eigenvalue weighted by Crippen LogP contribution is -2.26. The minimum Gasteiger partial charge on any atom is -0.489 e. The predicted molar refractivity (Wildman–Crippen MR) is 90.6 cm³/mol. The maximum Gasteiger partial charge on any atom is 0.138 e. The second-order valence-electron chi connectivity index (χ2n) is 4.41. The Morgan fingerprint density at radius 1 is 1.14 bits per heavy atom. The smallest absolute Gasteiger partial charge is 0.138 e. The van der Waals surface area contributed by atoms with Crippen molar-refractivity contribution in [2.45, 2.75) is 6.10 Å². The second-order valence-corrected chi connectivity index (χ2v) is 6.07. The van der Waals surface area contributed by atoms with Crippen molar-refractivity contribution in [2.75, 3.05) is 18.5 Å². The van der Waals surface area contributed by atoms with E-state index in [1.54, 1.807) is 18.2 Å². The summed E-state index contributed by atoms with van der Waals surface area (Å²) in [6.45, 7) is 0.503. The van der Waals surface area contributed by atoms with Gasteiger partial charge >= 0.3 is 0 Å². The molecule has 0 aliphatic heterocycles. The summed E-state index contributed by atoms with van der Waals surface area (Å²) >= 11 is 15.3. The van der Waals surface area contributed by atoms with Gasteiger partial charge in [-0.15, -0.1) is 0 Å². The third kappa shape index (κ3) is 5.08. The minimum atomic E-state index is -0.663. The van der Waals surface area contributed by atoms with Crippen LogP contribution in [0.3, 0.4) is 0 Å². The van der Waals surface area contributed by atoms with Crippen LogP contribution in [0.15, 0.2) is 46.9 Å². The molecule has 0 spiro atoms. The van der Waals surface area contributed by atoms with E-state index < -0.39 is 6.10 Å². The van der Waals surface area contributed by atoms with Gasteiger partial charge in [0.25, 0.3) is 0 Å². The van der Waals surface area contributed by atoms with E-state index in [4.69, 9.17) is 27.9 Å². The summed E-state index contributed by atoms with van der Waals surface area (Å²) in [5.74, 6) is 0.560. The zero-order valence-corrected chi connectivity index (χ0v) is 14.1. The van der Waals surface area contributed by atoms with Crippen LogP contribution < -0.4 is 10.1 Å². The largest absolute Gasteiger partial charge is 0.489 e. The summed E-state index contributed by atoms with van der Waals surface area (Å²) in [5.41, 5.74) is 0.833. The second kappa shape index (κ2) is 7.90. The van der Waals surface area contributed by atoms with Gasteiger partial charge in [0.05, 0.1) is 10.0 Å². The van der Waals surface area contributed by atoms with Gasteiger partial charge in [0, 0.05) is 16.7 Å². The molecule has 21 heavy (non-hydrogen) atoms. The van der Waals surface area contributed by atoms with Gasteiger partial charge in [-0.3, -0.25) is 0 Å². The summed E-state index contributed by atoms with van der Waals surface area (Å²) < 4.78 is 6.31. The molecule has 2 N–H and O–H groups in total. The summed E-state index contributed by atoms with van der Waals surface area (Å²) in [6.07, 6.45) is -0.663. The summed E-state index contributed by atoms with van der Waals surface area (Å²) in [6, 6.07) is 12.7. The first-order chi connectivity index (χ1) is 10.1. The Kier molecular flexibility index (Phi) is 6.18. The Morgan fingerprint density at radius 3 is 2.62 bits per heavy atom. The minimum absolute atomic E-state index is 0.154. The lowest BCUT2D eigenvalue weighted by atomic mass is 10.3. The molecule has 0 amide bonds. The fraction of sp³-hybridized carbons (Fsp3) is 0.200. The maximum atomic E-state index is 9.91. The van der Waals surface area contributed by atoms with E-state index >= 15 is 0 Å². The topological polar surface area (TPSA) is 41.5 Å². The number of halogens is 3. The SMILES string of the molecule is OC(CNc1ccc(Br)c(Cl)c1)COc1ccccc1Cl. The molecule has 2 rings (SSSR count). The highest BCUT2D eigenvalue weighted by Crippen LogP contribution is 2.25. The van der Waals surface area contributed by atoms with Crippen LogP contribution in [0.1, 0.15) is 0 Å². The molecule has 0 saturated heterocycles. The van der Waals surface area contributed by atoms with Gasteiger partial charge in [-0.1, -0.05) is 35.3 Å². The fourth-order valence-corrected chi connectivity index (χ4v) is 2.27. The molecule has 0 aliphatic rings. The maximum absolute atomic E-state index is 9.91. The Morgan fingerprint density at radius 2 is 1.90 bits per heavy atom. The van der Waals surface area contributed by atoms with Crippen molar-refractivity contribution in [3.05, 3.63) is 57.0 Å². The highest BCUT2D eigenvalue weighted by Gasteiger charge is 2.07. The zero-order chi connectivity index (χ0) is 15.2. The molecule has 0 heterocycles. The van der Waals surface area contributed by atoms with Gasteiger partial charge < -0.3 is 15.2 Å². The molecule has 0 aliphatic carbocycles. The van der Waals surface area contributed by atoms with E-state index in [0.29, 0.717) is 22.3 Å². The normalized spacial score (nSPS) is 12.0. The summed E-state index contributed by atoms with van der Waals surface area (Å²) in [5, 5.41) is 14.1. The molecule has 0 radical (unpaired) electrons. The number of anilines is 1. The average molecular weight is 391 g/mol. The van der Waals surface area contributed by atoms with Crippen molar-refractivity contribution in [2.24, 2.45) is 0 Å². The molecule has 0 fully saturated rings. The van der Waals surface area contributed by atoms with Crippen molar-refractivity contribution in [1.29, 1.82) is 0 Å². The van der Waals surface area contributed by atoms with Gasteiger partial charge in [0.2, 0.25) is 0 Å². The monoisotopic (exact) mass is 389 g/mol. The highest BCUT2D eigenvalue weighted by molar-refractivity contribution is 9.10. The van der Waals surface area contributed by atoms with E-state index in [1.807, 2.05) is 24.3 Å². The Labute approximate surface area is 142 Å². The number of nitrogens with one attached hydrogen (secondary N) is 1. The molecule has 0 saturated carbocycles. The molecule has 6 heteroatoms. The van der Waals surface area contributed by atoms with Crippen LogP contribution in [-0.4, -0.2) is 24.4 Å². The first-order valence-corrected chi connectivity index (χ1v) is 7.85. The van der Waals surface area contributed by atoms with Crippen LogP contribution in [0.4, 0.5) is 5.69 Å². The number of aliphatic hydroxyl groups excluding tert-OH is 1. The Bertz CT molecular complexity index is 610. The van der Waals surface area contributed by atoms with Crippen LogP contribution >= 0.6 is 39.1 Å². The number of rotatable bonds is 6. The molecule has 0 bridgehead atoms. The molecule has 3 nitrogen and oxygen atoms in total. The van der Waals surface area contributed by atoms with Crippen molar-refractivity contribution in [3.63, 3.8) is 0 Å². The molecule has 1 unspecified atom stereocenters. The molecule has 1 atom stereocenters. The first-order valence-electron chi connectivity index (χ1n) is 6.30. The number of para-hydroxylation sites is 1. The Hall–Kier alpha value is -0.940. The number of hydrogen-bond donors (Lipinski definition) is 2. The van der Waals surface area contributed by atoms with Gasteiger partial charge in [0.1, 0.15) is 18.5 Å². The summed E-state index contributed by atoms with van der Waals surface area (Å²) in [7, 11) is 0. The molecule has 2 aromatic rings. The number of aliphatic hydroxyl groups is 1. The zero-order valence-electron chi connectivity index (χ0n) is 11.0. The first kappa shape index (κ1) is 16.4. The van der Waals surface area contributed by atoms with Crippen molar-refractivity contribution < 1.29 is 9.84 Å². The van der Waals surface area contributed by atoms with Crippen LogP contribution in [-0.2, 0) is 0 Å². The Balaban J connectivity index is 1.81. The molecular formula is C15H14BrCl2NO2. The number of hydrogen-bond acceptors (Lipinski definition) is 3. The standard InChI is InChI=1S/C15H14BrCl2NO2/c16-12-6-5-10(7-14(12)18)19-8-11(20)9-21-15-4-2-1-3-13(15)17/h1-7,11,19-20H,8-9H2. The number of benzene rings is 2. The van der Waals surface area contributed by atoms with Crippen LogP contribution in [0.5, 0.6) is 5.75 Å². The van der Waals surface area contributed by atoms with Crippen LogP contribution in [0.25, 0.3) is 0 Å². The third-order valence-electron chi connectivity index (χ3n) is 2.73. The lowest BCUT2D eigenvalue weighted by Gasteiger charge is -2.15. The van der Waals surface area contributed by atoms with Gasteiger partial charge in [0.15, 0.2) is 0 Å². The molecule has 2 aromatic carbocycles. The van der Waals surface area contributed by atoms with Crippen LogP contribution in [0, 0.1) is 0 Å². The van der Waals surface area contributed by atoms with E-state index in [2.05, 4.69) is 21.2 Å². The summed E-state index contributed by atoms with van der Waals surface area (Å²) in [4.78, 5) is 0. The average Bonchev–Trinajstić information content (AvgIpc) is 2.47. The molecular weight excluding hydrogens is 377 g/mol. The van der Waals surface area contributed by atoms with E-state index in [1.165, 1.54) is 0 Å². The van der Waals surface area contributed by atoms with Gasteiger partial charge in [-0.05, 0) is 46.3 Å². The fourth-order valence-electron chi connectivity index (χ4n) is 1.65. The highest BCUT2D eigenvalue weighted by atomic mass is 79.9. The van der Waals surface area contributed by atoms with E-state index in [0.717, 1.165) is 10.2 Å². The van der Waals surface area contributed by atoms with Crippen LogP contribution in [0.2, 0.25) is 10.0 Å². The van der Waals surface area contributed by atoms with Crippen molar-refractivity contribution in [1.82, 2.24) is 0 Å². The lowest BCUT2D eigenvalue weighted by molar-refractivity contribution is 0.117. The molecule has 0 aromatic heterocycles. The van der Waals surface area contributed by atoms with Crippen molar-refractivity contribution in [3.8, 4) is 5.75 Å². The van der Waals surface area contributed by atoms with Gasteiger partial charge in [-0.2, -0.15) is 0 Å². The predicted octanol–water partition coefficient (Wildman–Crippen LogP) is 4.61. The van der Waals surface area contributed by atoms with E-state index in [9.17, 15) is 5.11 Å². The van der Waals surface area contributed by atoms with Crippen molar-refractivity contribution >= 4 is 44.8 Å².